The zero-order valence-electron chi connectivity index (χ0n) is 11.6. The lowest BCUT2D eigenvalue weighted by Gasteiger charge is -2.18. The van der Waals surface area contributed by atoms with E-state index in [1.165, 1.54) is 0 Å². The third-order valence-corrected chi connectivity index (χ3v) is 3.43. The summed E-state index contributed by atoms with van der Waals surface area (Å²) in [5.41, 5.74) is 1.75. The lowest BCUT2D eigenvalue weighted by Crippen LogP contribution is -2.32. The second kappa shape index (κ2) is 6.26. The monoisotopic (exact) mass is 283 g/mol. The summed E-state index contributed by atoms with van der Waals surface area (Å²) in [4.78, 5) is 16.0. The fourth-order valence-electron chi connectivity index (χ4n) is 2.44. The highest BCUT2D eigenvalue weighted by Crippen LogP contribution is 2.31. The Morgan fingerprint density at radius 2 is 2.00 bits per heavy atom. The van der Waals surface area contributed by atoms with Crippen LogP contribution in [0.2, 0.25) is 0 Å². The predicted octanol–water partition coefficient (Wildman–Crippen LogP) is 3.12. The van der Waals surface area contributed by atoms with Gasteiger partial charge in [-0.2, -0.15) is 0 Å². The maximum absolute atomic E-state index is 12.1. The number of hydrogen-bond donors (Lipinski definition) is 2. The number of para-hydroxylation sites is 1. The number of nitrogens with one attached hydrogen (secondary N) is 2. The summed E-state index contributed by atoms with van der Waals surface area (Å²) in [6, 6.07) is 11.1. The van der Waals surface area contributed by atoms with E-state index in [-0.39, 0.29) is 12.1 Å². The van der Waals surface area contributed by atoms with Crippen LogP contribution in [0, 0.1) is 0 Å². The number of pyridine rings is 1. The molecule has 0 unspecified atom stereocenters. The number of hydrogen-bond acceptors (Lipinski definition) is 3. The van der Waals surface area contributed by atoms with E-state index in [4.69, 9.17) is 4.74 Å². The molecular weight excluding hydrogens is 266 g/mol. The highest BCUT2D eigenvalue weighted by Gasteiger charge is 2.20. The van der Waals surface area contributed by atoms with Crippen LogP contribution in [0.15, 0.2) is 48.8 Å². The van der Waals surface area contributed by atoms with Gasteiger partial charge in [-0.25, -0.2) is 4.79 Å². The Kier molecular flexibility index (Phi) is 4.00. The Morgan fingerprint density at radius 1 is 1.19 bits per heavy atom. The second-order valence-electron chi connectivity index (χ2n) is 4.92. The van der Waals surface area contributed by atoms with Crippen LogP contribution in [0.1, 0.15) is 24.4 Å². The molecule has 1 aromatic carbocycles. The molecule has 21 heavy (non-hydrogen) atoms. The van der Waals surface area contributed by atoms with Crippen LogP contribution < -0.4 is 15.4 Å². The number of benzene rings is 1. The minimum atomic E-state index is -0.220. The van der Waals surface area contributed by atoms with Crippen LogP contribution in [0.4, 0.5) is 10.5 Å². The van der Waals surface area contributed by atoms with Gasteiger partial charge in [0.05, 0.1) is 12.6 Å². The molecule has 1 aliphatic rings. The number of amides is 2. The van der Waals surface area contributed by atoms with Gasteiger partial charge in [-0.05, 0) is 31.0 Å². The van der Waals surface area contributed by atoms with Gasteiger partial charge in [0.2, 0.25) is 0 Å². The largest absolute Gasteiger partial charge is 0.493 e. The minimum absolute atomic E-state index is 0.0365. The molecule has 2 amide bonds. The molecule has 1 aromatic heterocycles. The van der Waals surface area contributed by atoms with Crippen molar-refractivity contribution in [2.45, 2.75) is 18.9 Å². The number of carbonyl (C=O) groups excluding carboxylic acids is 1. The molecule has 0 aliphatic carbocycles. The smallest absolute Gasteiger partial charge is 0.319 e. The van der Waals surface area contributed by atoms with Gasteiger partial charge >= 0.3 is 6.03 Å². The van der Waals surface area contributed by atoms with Crippen molar-refractivity contribution in [2.24, 2.45) is 0 Å². The van der Waals surface area contributed by atoms with Gasteiger partial charge in [0.25, 0.3) is 0 Å². The van der Waals surface area contributed by atoms with E-state index in [1.807, 2.05) is 24.3 Å². The van der Waals surface area contributed by atoms with Crippen LogP contribution in [0.3, 0.4) is 0 Å². The van der Waals surface area contributed by atoms with E-state index in [0.29, 0.717) is 6.61 Å². The molecule has 0 spiro atoms. The summed E-state index contributed by atoms with van der Waals surface area (Å²) in [6.07, 6.45) is 5.06. The van der Waals surface area contributed by atoms with Gasteiger partial charge in [0, 0.05) is 23.6 Å². The predicted molar refractivity (Wildman–Crippen MR) is 80.3 cm³/mol. The van der Waals surface area contributed by atoms with E-state index in [0.717, 1.165) is 29.8 Å². The molecule has 2 aromatic rings. The summed E-state index contributed by atoms with van der Waals surface area (Å²) >= 11 is 0. The van der Waals surface area contributed by atoms with Crippen LogP contribution >= 0.6 is 0 Å². The fraction of sp³-hybridized carbons (Fsp3) is 0.250. The molecule has 1 aliphatic heterocycles. The van der Waals surface area contributed by atoms with Gasteiger partial charge in [-0.3, -0.25) is 4.98 Å². The SMILES string of the molecule is O=C(Nc1ccncc1)N[C@H]1CCCOc2ccccc21. The lowest BCUT2D eigenvalue weighted by molar-refractivity contribution is 0.247. The van der Waals surface area contributed by atoms with Crippen LogP contribution in [-0.4, -0.2) is 17.6 Å². The molecule has 0 saturated carbocycles. The second-order valence-corrected chi connectivity index (χ2v) is 4.92. The number of ether oxygens (including phenoxy) is 1. The summed E-state index contributed by atoms with van der Waals surface area (Å²) < 4.78 is 5.70. The van der Waals surface area contributed by atoms with E-state index in [1.54, 1.807) is 24.5 Å². The fourth-order valence-corrected chi connectivity index (χ4v) is 2.44. The van der Waals surface area contributed by atoms with Gasteiger partial charge in [0.1, 0.15) is 5.75 Å². The zero-order chi connectivity index (χ0) is 14.5. The van der Waals surface area contributed by atoms with Crippen molar-refractivity contribution >= 4 is 11.7 Å². The first-order valence-corrected chi connectivity index (χ1v) is 7.02. The Bertz CT molecular complexity index is 616. The average molecular weight is 283 g/mol. The maximum atomic E-state index is 12.1. The number of carbonyl (C=O) groups is 1. The van der Waals surface area contributed by atoms with E-state index < -0.39 is 0 Å². The summed E-state index contributed by atoms with van der Waals surface area (Å²) in [5.74, 6) is 0.851. The highest BCUT2D eigenvalue weighted by atomic mass is 16.5. The Balaban J connectivity index is 1.71. The van der Waals surface area contributed by atoms with Crippen molar-refractivity contribution < 1.29 is 9.53 Å². The Labute approximate surface area is 123 Å². The molecule has 1 atom stereocenters. The Morgan fingerprint density at radius 3 is 2.86 bits per heavy atom. The van der Waals surface area contributed by atoms with Crippen LogP contribution in [0.25, 0.3) is 0 Å². The number of rotatable bonds is 2. The molecule has 0 saturated heterocycles. The molecule has 2 heterocycles. The summed E-state index contributed by atoms with van der Waals surface area (Å²) in [7, 11) is 0. The third kappa shape index (κ3) is 3.31. The Hall–Kier alpha value is -2.56. The van der Waals surface area contributed by atoms with Crippen LogP contribution in [0.5, 0.6) is 5.75 Å². The molecule has 0 radical (unpaired) electrons. The molecule has 5 heteroatoms. The van der Waals surface area contributed by atoms with Crippen molar-refractivity contribution in [1.29, 1.82) is 0 Å². The summed E-state index contributed by atoms with van der Waals surface area (Å²) in [6.45, 7) is 0.682. The van der Waals surface area contributed by atoms with Gasteiger partial charge in [-0.15, -0.1) is 0 Å². The van der Waals surface area contributed by atoms with Crippen molar-refractivity contribution in [1.82, 2.24) is 10.3 Å². The minimum Gasteiger partial charge on any atom is -0.493 e. The lowest BCUT2D eigenvalue weighted by atomic mass is 10.0. The first-order chi connectivity index (χ1) is 10.3. The van der Waals surface area contributed by atoms with Crippen molar-refractivity contribution in [2.75, 3.05) is 11.9 Å². The molecule has 0 bridgehead atoms. The first-order valence-electron chi connectivity index (χ1n) is 7.02. The van der Waals surface area contributed by atoms with Crippen LogP contribution in [-0.2, 0) is 0 Å². The molecule has 5 nitrogen and oxygen atoms in total. The van der Waals surface area contributed by atoms with E-state index in [9.17, 15) is 4.79 Å². The van der Waals surface area contributed by atoms with Crippen molar-refractivity contribution in [3.63, 3.8) is 0 Å². The van der Waals surface area contributed by atoms with E-state index >= 15 is 0 Å². The number of nitrogens with zero attached hydrogens (tertiary/aromatic N) is 1. The third-order valence-electron chi connectivity index (χ3n) is 3.43. The molecule has 2 N–H and O–H groups in total. The average Bonchev–Trinajstić information content (AvgIpc) is 2.71. The van der Waals surface area contributed by atoms with E-state index in [2.05, 4.69) is 15.6 Å². The summed E-state index contributed by atoms with van der Waals surface area (Å²) in [5, 5.41) is 5.82. The van der Waals surface area contributed by atoms with Gasteiger partial charge < -0.3 is 15.4 Å². The maximum Gasteiger partial charge on any atom is 0.319 e. The number of urea groups is 1. The first kappa shape index (κ1) is 13.4. The number of fused-ring (bicyclic) bond motifs is 1. The molecular formula is C16H17N3O2. The number of anilines is 1. The zero-order valence-corrected chi connectivity index (χ0v) is 11.6. The van der Waals surface area contributed by atoms with Gasteiger partial charge in [-0.1, -0.05) is 18.2 Å². The normalized spacial score (nSPS) is 17.0. The highest BCUT2D eigenvalue weighted by molar-refractivity contribution is 5.89. The molecule has 0 fully saturated rings. The van der Waals surface area contributed by atoms with Crippen molar-refractivity contribution in [3.05, 3.63) is 54.4 Å². The van der Waals surface area contributed by atoms with Gasteiger partial charge in [0.15, 0.2) is 0 Å². The van der Waals surface area contributed by atoms with Crippen molar-refractivity contribution in [3.8, 4) is 5.75 Å². The number of aromatic nitrogens is 1. The molecule has 108 valence electrons. The standard InChI is InChI=1S/C16H17N3O2/c20-16(18-12-7-9-17-10-8-12)19-14-5-3-11-21-15-6-2-1-4-13(14)15/h1-2,4,6-10,14H,3,5,11H2,(H2,17,18,19,20)/t14-/m0/s1. The quantitative estimate of drug-likeness (QED) is 0.890. The molecule has 3 rings (SSSR count). The topological polar surface area (TPSA) is 63.2 Å².